The predicted octanol–water partition coefficient (Wildman–Crippen LogP) is 1.95. The van der Waals surface area contributed by atoms with Gasteiger partial charge < -0.3 is 4.74 Å². The van der Waals surface area contributed by atoms with E-state index < -0.39 is 0 Å². The maximum Gasteiger partial charge on any atom is 0.0917 e. The van der Waals surface area contributed by atoms with E-state index in [0.29, 0.717) is 6.10 Å². The molecule has 0 bridgehead atoms. The van der Waals surface area contributed by atoms with Crippen molar-refractivity contribution in [3.63, 3.8) is 0 Å². The Balaban J connectivity index is 0.000000605. The van der Waals surface area contributed by atoms with Gasteiger partial charge in [-0.25, -0.2) is 0 Å². The molecular formula is C8H11LiOS. The van der Waals surface area contributed by atoms with E-state index >= 15 is 0 Å². The summed E-state index contributed by atoms with van der Waals surface area (Å²) in [6.07, 6.45) is 2.85. The first-order valence-electron chi connectivity index (χ1n) is 3.62. The van der Waals surface area contributed by atoms with Gasteiger partial charge in [0.15, 0.2) is 0 Å². The zero-order valence-electron chi connectivity index (χ0n) is 5.75. The molecule has 0 amide bonds. The van der Waals surface area contributed by atoms with Gasteiger partial charge in [0.05, 0.1) is 6.10 Å². The summed E-state index contributed by atoms with van der Waals surface area (Å²) in [7, 11) is 0. The van der Waals surface area contributed by atoms with Crippen molar-refractivity contribution < 1.29 is 4.74 Å². The molecule has 1 aromatic rings. The molecule has 0 radical (unpaired) electrons. The second kappa shape index (κ2) is 4.32. The Bertz CT molecular complexity index is 192. The fourth-order valence-electron chi connectivity index (χ4n) is 1.28. The van der Waals surface area contributed by atoms with Crippen LogP contribution < -0.4 is 0 Å². The summed E-state index contributed by atoms with van der Waals surface area (Å²) < 4.78 is 5.51. The number of rotatable bonds is 1. The minimum absolute atomic E-state index is 0. The van der Waals surface area contributed by atoms with Crippen molar-refractivity contribution in [1.29, 1.82) is 0 Å². The monoisotopic (exact) mass is 162 g/mol. The van der Waals surface area contributed by atoms with Gasteiger partial charge in [-0.2, -0.15) is 0 Å². The molecule has 0 spiro atoms. The molecule has 1 aliphatic rings. The van der Waals surface area contributed by atoms with Crippen LogP contribution >= 0.6 is 11.3 Å². The predicted molar refractivity (Wildman–Crippen MR) is 49.4 cm³/mol. The van der Waals surface area contributed by atoms with Crippen LogP contribution in [0.2, 0.25) is 0 Å². The summed E-state index contributed by atoms with van der Waals surface area (Å²) in [5.41, 5.74) is 0. The van der Waals surface area contributed by atoms with Crippen LogP contribution in [0.15, 0.2) is 17.5 Å². The SMILES string of the molecule is [LiH].c1csc(C2CCCO2)c1. The molecule has 0 aromatic carbocycles. The molecule has 3 heteroatoms. The van der Waals surface area contributed by atoms with Gasteiger partial charge in [-0.3, -0.25) is 0 Å². The molecule has 1 unspecified atom stereocenters. The van der Waals surface area contributed by atoms with Crippen molar-refractivity contribution in [2.75, 3.05) is 6.61 Å². The van der Waals surface area contributed by atoms with Crippen molar-refractivity contribution in [3.8, 4) is 0 Å². The first kappa shape index (κ1) is 9.35. The van der Waals surface area contributed by atoms with Gasteiger partial charge in [0.2, 0.25) is 0 Å². The molecule has 2 rings (SSSR count). The molecule has 2 heterocycles. The Morgan fingerprint density at radius 1 is 1.55 bits per heavy atom. The Hall–Kier alpha value is 0.257. The minimum atomic E-state index is 0. The Morgan fingerprint density at radius 3 is 3.00 bits per heavy atom. The van der Waals surface area contributed by atoms with Gasteiger partial charge in [-0.1, -0.05) is 6.07 Å². The molecule has 0 N–H and O–H groups in total. The summed E-state index contributed by atoms with van der Waals surface area (Å²) in [6.45, 7) is 0.947. The van der Waals surface area contributed by atoms with E-state index in [4.69, 9.17) is 4.74 Å². The van der Waals surface area contributed by atoms with Crippen molar-refractivity contribution >= 4 is 30.2 Å². The maximum atomic E-state index is 5.51. The molecular weight excluding hydrogens is 151 g/mol. The number of thiophene rings is 1. The molecule has 56 valence electrons. The topological polar surface area (TPSA) is 9.23 Å². The molecule has 1 atom stereocenters. The average Bonchev–Trinajstić information content (AvgIpc) is 2.59. The second-order valence-corrected chi connectivity index (χ2v) is 3.50. The largest absolute Gasteiger partial charge is 0.373 e. The molecule has 1 aliphatic heterocycles. The summed E-state index contributed by atoms with van der Waals surface area (Å²) >= 11 is 1.80. The van der Waals surface area contributed by atoms with E-state index in [1.54, 1.807) is 11.3 Å². The molecule has 1 nitrogen and oxygen atoms in total. The maximum absolute atomic E-state index is 5.51. The quantitative estimate of drug-likeness (QED) is 0.573. The fourth-order valence-corrected chi connectivity index (χ4v) is 2.09. The molecule has 1 aromatic heterocycles. The smallest absolute Gasteiger partial charge is 0.0917 e. The minimum Gasteiger partial charge on any atom is -0.373 e. The third-order valence-electron chi connectivity index (χ3n) is 1.79. The molecule has 11 heavy (non-hydrogen) atoms. The van der Waals surface area contributed by atoms with Gasteiger partial charge in [-0.05, 0) is 24.3 Å². The van der Waals surface area contributed by atoms with E-state index in [-0.39, 0.29) is 18.9 Å². The van der Waals surface area contributed by atoms with Gasteiger partial charge >= 0.3 is 18.9 Å². The van der Waals surface area contributed by atoms with Crippen molar-refractivity contribution in [3.05, 3.63) is 22.4 Å². The Morgan fingerprint density at radius 2 is 2.45 bits per heavy atom. The number of ether oxygens (including phenoxy) is 1. The van der Waals surface area contributed by atoms with E-state index in [1.807, 2.05) is 0 Å². The first-order chi connectivity index (χ1) is 4.97. The van der Waals surface area contributed by atoms with E-state index in [1.165, 1.54) is 17.7 Å². The van der Waals surface area contributed by atoms with Crippen LogP contribution in [0.3, 0.4) is 0 Å². The third kappa shape index (κ3) is 2.10. The number of hydrogen-bond donors (Lipinski definition) is 0. The van der Waals surface area contributed by atoms with E-state index in [9.17, 15) is 0 Å². The van der Waals surface area contributed by atoms with Crippen LogP contribution in [-0.4, -0.2) is 25.5 Å². The van der Waals surface area contributed by atoms with Crippen LogP contribution in [0.25, 0.3) is 0 Å². The van der Waals surface area contributed by atoms with Crippen LogP contribution in [-0.2, 0) is 4.74 Å². The molecule has 0 aliphatic carbocycles. The standard InChI is InChI=1S/C8H10OS.Li.H/c1-3-7(9-5-1)8-4-2-6-10-8;;/h2,4,6-7H,1,3,5H2;;. The van der Waals surface area contributed by atoms with Gasteiger partial charge in [0.25, 0.3) is 0 Å². The second-order valence-electron chi connectivity index (χ2n) is 2.52. The summed E-state index contributed by atoms with van der Waals surface area (Å²) in [5, 5.41) is 2.11. The zero-order valence-corrected chi connectivity index (χ0v) is 6.56. The molecule has 0 saturated carbocycles. The van der Waals surface area contributed by atoms with Crippen LogP contribution in [0.1, 0.15) is 23.8 Å². The van der Waals surface area contributed by atoms with Gasteiger partial charge in [0.1, 0.15) is 0 Å². The third-order valence-corrected chi connectivity index (χ3v) is 2.75. The fraction of sp³-hybridized carbons (Fsp3) is 0.500. The van der Waals surface area contributed by atoms with Crippen molar-refractivity contribution in [1.82, 2.24) is 0 Å². The normalized spacial score (nSPS) is 23.1. The Kier molecular flexibility index (Phi) is 3.67. The average molecular weight is 162 g/mol. The summed E-state index contributed by atoms with van der Waals surface area (Å²) in [4.78, 5) is 1.39. The number of hydrogen-bond acceptors (Lipinski definition) is 2. The zero-order chi connectivity index (χ0) is 6.81. The summed E-state index contributed by atoms with van der Waals surface area (Å²) in [6, 6.07) is 4.24. The molecule has 1 saturated heterocycles. The van der Waals surface area contributed by atoms with Crippen molar-refractivity contribution in [2.24, 2.45) is 0 Å². The van der Waals surface area contributed by atoms with Crippen molar-refractivity contribution in [2.45, 2.75) is 18.9 Å². The van der Waals surface area contributed by atoms with Gasteiger partial charge in [-0.15, -0.1) is 11.3 Å². The first-order valence-corrected chi connectivity index (χ1v) is 4.50. The van der Waals surface area contributed by atoms with E-state index in [2.05, 4.69) is 17.5 Å². The van der Waals surface area contributed by atoms with Crippen LogP contribution in [0.4, 0.5) is 0 Å². The Labute approximate surface area is 82.9 Å². The molecule has 1 fully saturated rings. The van der Waals surface area contributed by atoms with Gasteiger partial charge in [0, 0.05) is 11.5 Å². The summed E-state index contributed by atoms with van der Waals surface area (Å²) in [5.74, 6) is 0. The van der Waals surface area contributed by atoms with E-state index in [0.717, 1.165) is 6.61 Å². The van der Waals surface area contributed by atoms with Crippen LogP contribution in [0, 0.1) is 0 Å². The van der Waals surface area contributed by atoms with Crippen LogP contribution in [0.5, 0.6) is 0 Å².